The molecule has 0 saturated carbocycles. The number of nitrogens with one attached hydrogen (secondary N) is 1. The summed E-state index contributed by atoms with van der Waals surface area (Å²) >= 11 is 1.16. The second-order valence-electron chi connectivity index (χ2n) is 2.60. The quantitative estimate of drug-likeness (QED) is 0.454. The van der Waals surface area contributed by atoms with E-state index in [1.54, 1.807) is 6.07 Å². The van der Waals surface area contributed by atoms with Crippen LogP contribution in [0.1, 0.15) is 0 Å². The Morgan fingerprint density at radius 1 is 1.57 bits per heavy atom. The maximum Gasteiger partial charge on any atom is 0.133 e. The zero-order valence-electron chi connectivity index (χ0n) is 7.46. The van der Waals surface area contributed by atoms with Crippen molar-refractivity contribution in [3.63, 3.8) is 0 Å². The Balaban J connectivity index is 2.47. The number of hydrogen-bond acceptors (Lipinski definition) is 4. The monoisotopic (exact) mass is 211 g/mol. The van der Waals surface area contributed by atoms with Gasteiger partial charge in [0, 0.05) is 12.3 Å². The first-order valence-corrected chi connectivity index (χ1v) is 5.02. The molecule has 74 valence electrons. The lowest BCUT2D eigenvalue weighted by atomic mass is 10.2. The number of anilines is 2. The van der Waals surface area contributed by atoms with Gasteiger partial charge in [-0.25, -0.2) is 4.39 Å². The van der Waals surface area contributed by atoms with Gasteiger partial charge in [-0.15, -0.1) is 0 Å². The maximum atomic E-state index is 12.6. The molecule has 0 radical (unpaired) electrons. The molecule has 0 unspecified atom stereocenters. The number of thiocyanates is 1. The van der Waals surface area contributed by atoms with Gasteiger partial charge >= 0.3 is 0 Å². The fraction of sp³-hybridized carbons (Fsp3) is 0.222. The summed E-state index contributed by atoms with van der Waals surface area (Å²) in [5, 5.41) is 13.2. The molecule has 0 aliphatic carbocycles. The number of benzene rings is 1. The summed E-state index contributed by atoms with van der Waals surface area (Å²) in [6.45, 7) is 0.633. The van der Waals surface area contributed by atoms with E-state index in [4.69, 9.17) is 11.0 Å². The van der Waals surface area contributed by atoms with Crippen LogP contribution in [0.3, 0.4) is 0 Å². The van der Waals surface area contributed by atoms with Gasteiger partial charge in [0.1, 0.15) is 11.2 Å². The van der Waals surface area contributed by atoms with Crippen molar-refractivity contribution in [3.05, 3.63) is 24.0 Å². The Hall–Kier alpha value is -1.41. The third-order valence-electron chi connectivity index (χ3n) is 1.60. The van der Waals surface area contributed by atoms with Crippen molar-refractivity contribution < 1.29 is 4.39 Å². The van der Waals surface area contributed by atoms with E-state index in [9.17, 15) is 4.39 Å². The number of hydrogen-bond donors (Lipinski definition) is 2. The van der Waals surface area contributed by atoms with Crippen molar-refractivity contribution in [2.24, 2.45) is 0 Å². The molecule has 0 atom stereocenters. The second kappa shape index (κ2) is 5.35. The standard InChI is InChI=1S/C9H10FN3S/c10-7-1-2-9(8(12)5-7)13-3-4-14-6-11/h1-2,5,13H,3-4,12H2. The van der Waals surface area contributed by atoms with Crippen LogP contribution in [0.25, 0.3) is 0 Å². The molecular weight excluding hydrogens is 201 g/mol. The molecule has 0 saturated heterocycles. The Morgan fingerprint density at radius 3 is 3.00 bits per heavy atom. The molecule has 0 aliphatic rings. The molecule has 1 aromatic carbocycles. The van der Waals surface area contributed by atoms with Crippen LogP contribution in [0.15, 0.2) is 18.2 Å². The average Bonchev–Trinajstić information content (AvgIpc) is 2.15. The summed E-state index contributed by atoms with van der Waals surface area (Å²) in [6.07, 6.45) is 0. The van der Waals surface area contributed by atoms with E-state index in [2.05, 4.69) is 5.32 Å². The molecule has 3 N–H and O–H groups in total. The predicted molar refractivity (Wildman–Crippen MR) is 57.4 cm³/mol. The number of thioether (sulfide) groups is 1. The van der Waals surface area contributed by atoms with Gasteiger partial charge in [-0.1, -0.05) is 0 Å². The van der Waals surface area contributed by atoms with Crippen LogP contribution in [0, 0.1) is 16.5 Å². The van der Waals surface area contributed by atoms with Gasteiger partial charge in [0.2, 0.25) is 0 Å². The molecule has 0 aromatic heterocycles. The van der Waals surface area contributed by atoms with Crippen LogP contribution in [-0.4, -0.2) is 12.3 Å². The molecule has 0 bridgehead atoms. The minimum Gasteiger partial charge on any atom is -0.397 e. The summed E-state index contributed by atoms with van der Waals surface area (Å²) in [6, 6.07) is 4.19. The normalized spacial score (nSPS) is 9.43. The maximum absolute atomic E-state index is 12.6. The first-order valence-electron chi connectivity index (χ1n) is 4.04. The lowest BCUT2D eigenvalue weighted by Gasteiger charge is -2.07. The lowest BCUT2D eigenvalue weighted by molar-refractivity contribution is 0.628. The molecule has 0 heterocycles. The van der Waals surface area contributed by atoms with Gasteiger partial charge < -0.3 is 11.1 Å². The Kier molecular flexibility index (Phi) is 4.08. The fourth-order valence-electron chi connectivity index (χ4n) is 0.977. The van der Waals surface area contributed by atoms with Gasteiger partial charge in [0.15, 0.2) is 0 Å². The summed E-state index contributed by atoms with van der Waals surface area (Å²) in [4.78, 5) is 0. The first kappa shape index (κ1) is 10.7. The minimum absolute atomic E-state index is 0.348. The number of nitriles is 1. The van der Waals surface area contributed by atoms with E-state index < -0.39 is 0 Å². The van der Waals surface area contributed by atoms with E-state index >= 15 is 0 Å². The number of rotatable bonds is 4. The highest BCUT2D eigenvalue weighted by Gasteiger charge is 1.99. The highest BCUT2D eigenvalue weighted by atomic mass is 32.2. The second-order valence-corrected chi connectivity index (χ2v) is 3.48. The topological polar surface area (TPSA) is 61.8 Å². The molecule has 0 spiro atoms. The largest absolute Gasteiger partial charge is 0.397 e. The lowest BCUT2D eigenvalue weighted by Crippen LogP contribution is -2.06. The first-order chi connectivity index (χ1) is 6.74. The molecule has 0 amide bonds. The third-order valence-corrected chi connectivity index (χ3v) is 2.14. The predicted octanol–water partition coefficient (Wildman–Crippen LogP) is 2.03. The number of nitrogens with two attached hydrogens (primary N) is 1. The molecule has 0 aliphatic heterocycles. The molecule has 14 heavy (non-hydrogen) atoms. The van der Waals surface area contributed by atoms with Gasteiger partial charge in [0.05, 0.1) is 11.4 Å². The Labute approximate surface area is 86.1 Å². The van der Waals surface area contributed by atoms with Crippen molar-refractivity contribution in [1.82, 2.24) is 0 Å². The fourth-order valence-corrected chi connectivity index (χ4v) is 1.27. The molecule has 1 rings (SSSR count). The van der Waals surface area contributed by atoms with Gasteiger partial charge in [-0.2, -0.15) is 5.26 Å². The number of halogens is 1. The van der Waals surface area contributed by atoms with E-state index in [0.29, 0.717) is 23.7 Å². The SMILES string of the molecule is N#CSCCNc1ccc(F)cc1N. The molecule has 3 nitrogen and oxygen atoms in total. The molecule has 1 aromatic rings. The van der Waals surface area contributed by atoms with Crippen LogP contribution in [-0.2, 0) is 0 Å². The Morgan fingerprint density at radius 2 is 2.36 bits per heavy atom. The van der Waals surface area contributed by atoms with Crippen LogP contribution in [0.4, 0.5) is 15.8 Å². The number of nitrogens with zero attached hydrogens (tertiary/aromatic N) is 1. The van der Waals surface area contributed by atoms with Gasteiger partial charge in [0.25, 0.3) is 0 Å². The molecule has 5 heteroatoms. The van der Waals surface area contributed by atoms with E-state index in [1.165, 1.54) is 12.1 Å². The van der Waals surface area contributed by atoms with Crippen molar-refractivity contribution in [2.75, 3.05) is 23.3 Å². The highest BCUT2D eigenvalue weighted by Crippen LogP contribution is 2.18. The zero-order valence-corrected chi connectivity index (χ0v) is 8.27. The van der Waals surface area contributed by atoms with Crippen molar-refractivity contribution >= 4 is 23.1 Å². The van der Waals surface area contributed by atoms with Crippen LogP contribution >= 0.6 is 11.8 Å². The van der Waals surface area contributed by atoms with E-state index in [-0.39, 0.29) is 5.82 Å². The molecular formula is C9H10FN3S. The smallest absolute Gasteiger partial charge is 0.133 e. The summed E-state index contributed by atoms with van der Waals surface area (Å²) in [5.74, 6) is 0.326. The van der Waals surface area contributed by atoms with Crippen molar-refractivity contribution in [1.29, 1.82) is 5.26 Å². The number of nitrogen functional groups attached to an aromatic ring is 1. The Bertz CT molecular complexity index is 348. The van der Waals surface area contributed by atoms with Crippen LogP contribution in [0.5, 0.6) is 0 Å². The highest BCUT2D eigenvalue weighted by molar-refractivity contribution is 8.03. The van der Waals surface area contributed by atoms with E-state index in [1.807, 2.05) is 5.40 Å². The van der Waals surface area contributed by atoms with E-state index in [0.717, 1.165) is 11.8 Å². The van der Waals surface area contributed by atoms with Gasteiger partial charge in [-0.3, -0.25) is 0 Å². The average molecular weight is 211 g/mol. The minimum atomic E-state index is -0.348. The van der Waals surface area contributed by atoms with Crippen LogP contribution in [0.2, 0.25) is 0 Å². The summed E-state index contributed by atoms with van der Waals surface area (Å²) in [7, 11) is 0. The van der Waals surface area contributed by atoms with Crippen molar-refractivity contribution in [2.45, 2.75) is 0 Å². The summed E-state index contributed by atoms with van der Waals surface area (Å²) in [5.41, 5.74) is 6.64. The van der Waals surface area contributed by atoms with Crippen molar-refractivity contribution in [3.8, 4) is 5.40 Å². The van der Waals surface area contributed by atoms with Gasteiger partial charge in [-0.05, 0) is 30.0 Å². The molecule has 0 fully saturated rings. The summed E-state index contributed by atoms with van der Waals surface area (Å²) < 4.78 is 12.6. The zero-order chi connectivity index (χ0) is 10.4. The van der Waals surface area contributed by atoms with Crippen LogP contribution < -0.4 is 11.1 Å². The third kappa shape index (κ3) is 3.15.